The fraction of sp³-hybridized carbons (Fsp3) is 0.273. The number of hydrogen-bond acceptors (Lipinski definition) is 2. The highest BCUT2D eigenvalue weighted by Crippen LogP contribution is 2.36. The summed E-state index contributed by atoms with van der Waals surface area (Å²) in [6.07, 6.45) is -4.54. The topological polar surface area (TPSA) is 58.1 Å². The van der Waals surface area contributed by atoms with Gasteiger partial charge in [0, 0.05) is 7.05 Å². The lowest BCUT2D eigenvalue weighted by Crippen LogP contribution is -2.37. The van der Waals surface area contributed by atoms with Crippen molar-refractivity contribution in [2.24, 2.45) is 0 Å². The number of nitrogens with zero attached hydrogens (tertiary/aromatic N) is 2. The van der Waals surface area contributed by atoms with E-state index in [1.54, 1.807) is 0 Å². The van der Waals surface area contributed by atoms with Crippen LogP contribution in [0.25, 0.3) is 11.0 Å². The molecule has 0 fully saturated rings. The molecule has 1 aromatic heterocycles. The van der Waals surface area contributed by atoms with Gasteiger partial charge in [0.15, 0.2) is 0 Å². The second-order valence-electron chi connectivity index (χ2n) is 4.36. The standard InChI is InChI=1S/C11H8F3N3O2/c1-16-7-3-5(11(12,13)14)2-6-9(7)17(4-8(16)18)10(19)15-6/h2-3H,4H2,1H3,(H,15,19). The zero-order valence-electron chi connectivity index (χ0n) is 9.71. The Morgan fingerprint density at radius 1 is 1.26 bits per heavy atom. The number of alkyl halides is 3. The molecule has 0 aliphatic carbocycles. The molecule has 0 atom stereocenters. The number of likely N-dealkylation sites (N-methyl/N-ethyl adjacent to an activating group) is 1. The summed E-state index contributed by atoms with van der Waals surface area (Å²) in [6, 6.07) is 1.75. The van der Waals surface area contributed by atoms with E-state index in [1.807, 2.05) is 0 Å². The second-order valence-corrected chi connectivity index (χ2v) is 4.36. The summed E-state index contributed by atoms with van der Waals surface area (Å²) in [5.74, 6) is -0.435. The SMILES string of the molecule is CN1C(=O)Cn2c(=O)[nH]c3cc(C(F)(F)F)cc1c32. The van der Waals surface area contributed by atoms with E-state index in [-0.39, 0.29) is 17.7 Å². The Balaban J connectivity index is 2.43. The summed E-state index contributed by atoms with van der Waals surface area (Å²) >= 11 is 0. The van der Waals surface area contributed by atoms with Crippen molar-refractivity contribution in [3.05, 3.63) is 28.2 Å². The summed E-state index contributed by atoms with van der Waals surface area (Å²) in [5, 5.41) is 0. The van der Waals surface area contributed by atoms with Crippen LogP contribution in [0.15, 0.2) is 16.9 Å². The minimum atomic E-state index is -4.54. The van der Waals surface area contributed by atoms with E-state index in [4.69, 9.17) is 0 Å². The van der Waals surface area contributed by atoms with Gasteiger partial charge < -0.3 is 9.88 Å². The van der Waals surface area contributed by atoms with Crippen LogP contribution in [-0.4, -0.2) is 22.5 Å². The first-order valence-corrected chi connectivity index (χ1v) is 5.39. The average Bonchev–Trinajstić information content (AvgIpc) is 2.62. The molecule has 0 saturated carbocycles. The first kappa shape index (κ1) is 11.8. The number of anilines is 1. The molecule has 0 unspecified atom stereocenters. The van der Waals surface area contributed by atoms with E-state index >= 15 is 0 Å². The van der Waals surface area contributed by atoms with Crippen LogP contribution in [0.4, 0.5) is 18.9 Å². The Kier molecular flexibility index (Phi) is 2.11. The minimum Gasteiger partial charge on any atom is -0.312 e. The highest BCUT2D eigenvalue weighted by atomic mass is 19.4. The Labute approximate surface area is 104 Å². The van der Waals surface area contributed by atoms with Gasteiger partial charge in [-0.3, -0.25) is 9.36 Å². The van der Waals surface area contributed by atoms with Crippen LogP contribution in [-0.2, 0) is 17.5 Å². The van der Waals surface area contributed by atoms with E-state index < -0.39 is 23.3 Å². The molecule has 1 N–H and O–H groups in total. The number of rotatable bonds is 0. The van der Waals surface area contributed by atoms with E-state index in [9.17, 15) is 22.8 Å². The van der Waals surface area contributed by atoms with Crippen molar-refractivity contribution in [3.63, 3.8) is 0 Å². The Bertz CT molecular complexity index is 757. The first-order valence-electron chi connectivity index (χ1n) is 5.39. The van der Waals surface area contributed by atoms with Crippen LogP contribution in [0.2, 0.25) is 0 Å². The van der Waals surface area contributed by atoms with Crippen molar-refractivity contribution in [1.82, 2.24) is 9.55 Å². The van der Waals surface area contributed by atoms with Gasteiger partial charge in [0.1, 0.15) is 6.54 Å². The molecule has 2 heterocycles. The molecule has 1 aliphatic heterocycles. The number of imidazole rings is 1. The Morgan fingerprint density at radius 2 is 1.95 bits per heavy atom. The number of aromatic amines is 1. The number of aromatic nitrogens is 2. The van der Waals surface area contributed by atoms with Crippen LogP contribution >= 0.6 is 0 Å². The number of benzene rings is 1. The van der Waals surface area contributed by atoms with Crippen molar-refractivity contribution in [2.75, 3.05) is 11.9 Å². The van der Waals surface area contributed by atoms with Gasteiger partial charge in [0.25, 0.3) is 0 Å². The lowest BCUT2D eigenvalue weighted by atomic mass is 10.1. The third-order valence-corrected chi connectivity index (χ3v) is 3.20. The monoisotopic (exact) mass is 271 g/mol. The Hall–Kier alpha value is -2.25. The second kappa shape index (κ2) is 3.40. The normalized spacial score (nSPS) is 15.4. The molecule has 19 heavy (non-hydrogen) atoms. The molecule has 1 aliphatic rings. The van der Waals surface area contributed by atoms with Gasteiger partial charge in [0.2, 0.25) is 5.91 Å². The van der Waals surface area contributed by atoms with E-state index in [1.165, 1.54) is 7.05 Å². The van der Waals surface area contributed by atoms with Crippen molar-refractivity contribution in [2.45, 2.75) is 12.7 Å². The zero-order valence-corrected chi connectivity index (χ0v) is 9.71. The molecule has 100 valence electrons. The summed E-state index contributed by atoms with van der Waals surface area (Å²) in [6.45, 7) is -0.173. The van der Waals surface area contributed by atoms with Gasteiger partial charge in [-0.05, 0) is 12.1 Å². The molecule has 2 aromatic rings. The van der Waals surface area contributed by atoms with Crippen molar-refractivity contribution < 1.29 is 18.0 Å². The van der Waals surface area contributed by atoms with Crippen LogP contribution < -0.4 is 10.6 Å². The maximum Gasteiger partial charge on any atom is 0.416 e. The molecule has 0 bridgehead atoms. The third kappa shape index (κ3) is 1.56. The van der Waals surface area contributed by atoms with Crippen LogP contribution in [0.1, 0.15) is 5.56 Å². The zero-order chi connectivity index (χ0) is 13.9. The summed E-state index contributed by atoms with van der Waals surface area (Å²) in [4.78, 5) is 26.8. The van der Waals surface area contributed by atoms with Crippen molar-refractivity contribution in [1.29, 1.82) is 0 Å². The van der Waals surface area contributed by atoms with E-state index in [0.717, 1.165) is 21.6 Å². The highest BCUT2D eigenvalue weighted by Gasteiger charge is 2.34. The molecule has 3 rings (SSSR count). The van der Waals surface area contributed by atoms with Crippen molar-refractivity contribution in [3.8, 4) is 0 Å². The van der Waals surface area contributed by atoms with Gasteiger partial charge in [-0.15, -0.1) is 0 Å². The molecular weight excluding hydrogens is 263 g/mol. The molecule has 1 amide bonds. The fourth-order valence-electron chi connectivity index (χ4n) is 2.23. The Morgan fingerprint density at radius 3 is 2.58 bits per heavy atom. The maximum absolute atomic E-state index is 12.8. The quantitative estimate of drug-likeness (QED) is 0.785. The highest BCUT2D eigenvalue weighted by molar-refractivity contribution is 6.04. The lowest BCUT2D eigenvalue weighted by molar-refractivity contribution is -0.137. The lowest BCUT2D eigenvalue weighted by Gasteiger charge is -2.25. The minimum absolute atomic E-state index is 0.0779. The molecule has 0 spiro atoms. The van der Waals surface area contributed by atoms with Gasteiger partial charge in [-0.25, -0.2) is 4.79 Å². The molecule has 0 radical (unpaired) electrons. The van der Waals surface area contributed by atoms with Gasteiger partial charge in [-0.1, -0.05) is 0 Å². The molecule has 8 heteroatoms. The van der Waals surface area contributed by atoms with Crippen LogP contribution in [0.5, 0.6) is 0 Å². The summed E-state index contributed by atoms with van der Waals surface area (Å²) in [5.41, 5.74) is -1.00. The predicted molar refractivity (Wildman–Crippen MR) is 61.0 cm³/mol. The number of carbonyl (C=O) groups is 1. The van der Waals surface area contributed by atoms with Crippen molar-refractivity contribution >= 4 is 22.6 Å². The van der Waals surface area contributed by atoms with Crippen LogP contribution in [0, 0.1) is 0 Å². The fourth-order valence-corrected chi connectivity index (χ4v) is 2.23. The summed E-state index contributed by atoms with van der Waals surface area (Å²) in [7, 11) is 1.39. The smallest absolute Gasteiger partial charge is 0.312 e. The first-order chi connectivity index (χ1) is 8.79. The predicted octanol–water partition coefficient (Wildman–Crippen LogP) is 1.32. The molecule has 1 aromatic carbocycles. The number of H-pyrrole nitrogens is 1. The average molecular weight is 271 g/mol. The van der Waals surface area contributed by atoms with E-state index in [2.05, 4.69) is 4.98 Å². The summed E-state index contributed by atoms with van der Waals surface area (Å²) < 4.78 is 39.5. The maximum atomic E-state index is 12.8. The molecule has 5 nitrogen and oxygen atoms in total. The van der Waals surface area contributed by atoms with Crippen LogP contribution in [0.3, 0.4) is 0 Å². The van der Waals surface area contributed by atoms with Gasteiger partial charge in [0.05, 0.1) is 22.3 Å². The van der Waals surface area contributed by atoms with E-state index in [0.29, 0.717) is 5.52 Å². The van der Waals surface area contributed by atoms with Gasteiger partial charge >= 0.3 is 11.9 Å². The number of nitrogens with one attached hydrogen (secondary N) is 1. The largest absolute Gasteiger partial charge is 0.416 e. The molecular formula is C11H8F3N3O2. The molecule has 0 saturated heterocycles. The van der Waals surface area contributed by atoms with Gasteiger partial charge in [-0.2, -0.15) is 13.2 Å². The third-order valence-electron chi connectivity index (χ3n) is 3.20. The number of halogens is 3. The number of hydrogen-bond donors (Lipinski definition) is 1. The number of amides is 1. The number of carbonyl (C=O) groups excluding carboxylic acids is 1.